The Morgan fingerprint density at radius 2 is 1.88 bits per heavy atom. The van der Waals surface area contributed by atoms with Gasteiger partial charge >= 0.3 is 5.69 Å². The normalized spacial score (nSPS) is 10.8. The zero-order valence-corrected chi connectivity index (χ0v) is 13.3. The van der Waals surface area contributed by atoms with Gasteiger partial charge in [-0.05, 0) is 25.3 Å². The van der Waals surface area contributed by atoms with Crippen molar-refractivity contribution < 1.29 is 9.66 Å². The maximum atomic E-state index is 11.5. The van der Waals surface area contributed by atoms with Crippen LogP contribution in [-0.4, -0.2) is 21.0 Å². The molecule has 122 valence electrons. The minimum atomic E-state index is -0.537. The van der Waals surface area contributed by atoms with Crippen LogP contribution in [0, 0.1) is 10.1 Å². The summed E-state index contributed by atoms with van der Waals surface area (Å²) in [4.78, 5) is 18.9. The van der Waals surface area contributed by atoms with Crippen LogP contribution in [0.5, 0.6) is 5.88 Å². The van der Waals surface area contributed by atoms with E-state index in [1.807, 2.05) is 42.5 Å². The number of hydrogen-bond donors (Lipinski definition) is 1. The molecule has 7 heteroatoms. The van der Waals surface area contributed by atoms with Crippen LogP contribution in [-0.2, 0) is 0 Å². The molecule has 0 radical (unpaired) electrons. The molecule has 0 atom stereocenters. The number of benzene rings is 2. The van der Waals surface area contributed by atoms with Gasteiger partial charge in [0.1, 0.15) is 6.33 Å². The van der Waals surface area contributed by atoms with E-state index in [0.29, 0.717) is 0 Å². The molecule has 0 fully saturated rings. The van der Waals surface area contributed by atoms with Gasteiger partial charge < -0.3 is 10.1 Å². The van der Waals surface area contributed by atoms with Crippen molar-refractivity contribution in [3.63, 3.8) is 0 Å². The molecule has 0 aliphatic carbocycles. The number of nitrogens with one attached hydrogen (secondary N) is 1. The number of fused-ring (bicyclic) bond motifs is 1. The van der Waals surface area contributed by atoms with Gasteiger partial charge in [0.2, 0.25) is 5.82 Å². The Balaban J connectivity index is 2.07. The molecule has 0 saturated heterocycles. The quantitative estimate of drug-likeness (QED) is 0.562. The number of hydrogen-bond acceptors (Lipinski definition) is 6. The fourth-order valence-corrected chi connectivity index (χ4v) is 2.39. The standard InChI is InChI=1S/C17H16N4O3/c1-11(2)24-17-15(21(22)23)16(18-10-19-17)20-14-9-5-7-12-6-3-4-8-13(12)14/h3-11H,1-2H3,(H,18,19,20). The monoisotopic (exact) mass is 324 g/mol. The molecule has 0 aliphatic rings. The summed E-state index contributed by atoms with van der Waals surface area (Å²) in [5, 5.41) is 16.5. The van der Waals surface area contributed by atoms with Crippen molar-refractivity contribution in [2.75, 3.05) is 5.32 Å². The summed E-state index contributed by atoms with van der Waals surface area (Å²) in [5.74, 6) is 0.0507. The number of anilines is 2. The fourth-order valence-electron chi connectivity index (χ4n) is 2.39. The molecule has 0 bridgehead atoms. The Bertz CT molecular complexity index is 891. The lowest BCUT2D eigenvalue weighted by atomic mass is 10.1. The van der Waals surface area contributed by atoms with Crippen LogP contribution in [0.1, 0.15) is 13.8 Å². The van der Waals surface area contributed by atoms with Gasteiger partial charge in [-0.2, -0.15) is 4.98 Å². The van der Waals surface area contributed by atoms with E-state index in [1.165, 1.54) is 6.33 Å². The first-order chi connectivity index (χ1) is 11.6. The zero-order chi connectivity index (χ0) is 17.1. The van der Waals surface area contributed by atoms with Crippen LogP contribution in [0.15, 0.2) is 48.8 Å². The SMILES string of the molecule is CC(C)Oc1ncnc(Nc2cccc3ccccc23)c1[N+](=O)[O-]. The third-order valence-electron chi connectivity index (χ3n) is 3.36. The highest BCUT2D eigenvalue weighted by Gasteiger charge is 2.25. The smallest absolute Gasteiger partial charge is 0.373 e. The molecular weight excluding hydrogens is 308 g/mol. The summed E-state index contributed by atoms with van der Waals surface area (Å²) in [7, 11) is 0. The van der Waals surface area contributed by atoms with Gasteiger partial charge in [0, 0.05) is 11.1 Å². The van der Waals surface area contributed by atoms with Crippen molar-refractivity contribution in [3.8, 4) is 5.88 Å². The van der Waals surface area contributed by atoms with Crippen molar-refractivity contribution in [2.45, 2.75) is 20.0 Å². The largest absolute Gasteiger partial charge is 0.470 e. The zero-order valence-electron chi connectivity index (χ0n) is 13.3. The maximum absolute atomic E-state index is 11.5. The van der Waals surface area contributed by atoms with E-state index in [0.717, 1.165) is 16.5 Å². The molecule has 7 nitrogen and oxygen atoms in total. The van der Waals surface area contributed by atoms with E-state index in [9.17, 15) is 10.1 Å². The van der Waals surface area contributed by atoms with Gasteiger partial charge in [-0.15, -0.1) is 0 Å². The molecule has 1 aromatic heterocycles. The summed E-state index contributed by atoms with van der Waals surface area (Å²) in [6, 6.07) is 13.5. The van der Waals surface area contributed by atoms with E-state index in [1.54, 1.807) is 13.8 Å². The van der Waals surface area contributed by atoms with Crippen LogP contribution >= 0.6 is 0 Å². The van der Waals surface area contributed by atoms with Crippen LogP contribution in [0.2, 0.25) is 0 Å². The number of ether oxygens (including phenoxy) is 1. The lowest BCUT2D eigenvalue weighted by Gasteiger charge is -2.12. The third kappa shape index (κ3) is 3.10. The van der Waals surface area contributed by atoms with Crippen molar-refractivity contribution in [3.05, 3.63) is 58.9 Å². The topological polar surface area (TPSA) is 90.2 Å². The molecule has 3 aromatic rings. The molecule has 24 heavy (non-hydrogen) atoms. The van der Waals surface area contributed by atoms with Crippen LogP contribution in [0.4, 0.5) is 17.2 Å². The highest BCUT2D eigenvalue weighted by molar-refractivity contribution is 5.95. The van der Waals surface area contributed by atoms with E-state index >= 15 is 0 Å². The molecule has 1 N–H and O–H groups in total. The first-order valence-electron chi connectivity index (χ1n) is 7.47. The van der Waals surface area contributed by atoms with Gasteiger partial charge in [0.05, 0.1) is 11.0 Å². The molecule has 1 heterocycles. The van der Waals surface area contributed by atoms with Crippen LogP contribution in [0.3, 0.4) is 0 Å². The Kier molecular flexibility index (Phi) is 4.24. The first kappa shape index (κ1) is 15.7. The fraction of sp³-hybridized carbons (Fsp3) is 0.176. The summed E-state index contributed by atoms with van der Waals surface area (Å²) in [5.41, 5.74) is 0.449. The lowest BCUT2D eigenvalue weighted by molar-refractivity contribution is -0.385. The number of nitro groups is 1. The average Bonchev–Trinajstić information content (AvgIpc) is 2.54. The van der Waals surface area contributed by atoms with Crippen molar-refractivity contribution in [2.24, 2.45) is 0 Å². The van der Waals surface area contributed by atoms with E-state index in [-0.39, 0.29) is 23.5 Å². The predicted octanol–water partition coefficient (Wildman–Crippen LogP) is 4.07. The first-order valence-corrected chi connectivity index (χ1v) is 7.47. The maximum Gasteiger partial charge on any atom is 0.373 e. The Morgan fingerprint density at radius 1 is 1.12 bits per heavy atom. The number of nitrogens with zero attached hydrogens (tertiary/aromatic N) is 3. The van der Waals surface area contributed by atoms with Gasteiger partial charge in [0.15, 0.2) is 0 Å². The number of aromatic nitrogens is 2. The van der Waals surface area contributed by atoms with Crippen LogP contribution in [0.25, 0.3) is 10.8 Å². The van der Waals surface area contributed by atoms with Gasteiger partial charge in [-0.3, -0.25) is 10.1 Å². The molecule has 0 unspecified atom stereocenters. The second-order valence-electron chi connectivity index (χ2n) is 5.45. The molecule has 2 aromatic carbocycles. The summed E-state index contributed by atoms with van der Waals surface area (Å²) >= 11 is 0. The van der Waals surface area contributed by atoms with Gasteiger partial charge in [-0.1, -0.05) is 36.4 Å². The predicted molar refractivity (Wildman–Crippen MR) is 91.7 cm³/mol. The van der Waals surface area contributed by atoms with E-state index in [4.69, 9.17) is 4.74 Å². The van der Waals surface area contributed by atoms with Crippen molar-refractivity contribution in [1.82, 2.24) is 9.97 Å². The third-order valence-corrected chi connectivity index (χ3v) is 3.36. The minimum absolute atomic E-state index is 0.0484. The Labute approximate surface area is 138 Å². The number of rotatable bonds is 5. The summed E-state index contributed by atoms with van der Waals surface area (Å²) < 4.78 is 5.44. The Morgan fingerprint density at radius 3 is 2.62 bits per heavy atom. The van der Waals surface area contributed by atoms with Crippen molar-refractivity contribution >= 4 is 28.0 Å². The molecule has 0 spiro atoms. The van der Waals surface area contributed by atoms with Gasteiger partial charge in [-0.25, -0.2) is 4.98 Å². The molecule has 0 aliphatic heterocycles. The summed E-state index contributed by atoms with van der Waals surface area (Å²) in [6.07, 6.45) is 1.02. The highest BCUT2D eigenvalue weighted by atomic mass is 16.6. The average molecular weight is 324 g/mol. The van der Waals surface area contributed by atoms with Crippen molar-refractivity contribution in [1.29, 1.82) is 0 Å². The van der Waals surface area contributed by atoms with Gasteiger partial charge in [0.25, 0.3) is 5.88 Å². The highest BCUT2D eigenvalue weighted by Crippen LogP contribution is 2.35. The minimum Gasteiger partial charge on any atom is -0.470 e. The summed E-state index contributed by atoms with van der Waals surface area (Å²) in [6.45, 7) is 3.56. The molecule has 0 saturated carbocycles. The van der Waals surface area contributed by atoms with E-state index in [2.05, 4.69) is 15.3 Å². The molecule has 0 amide bonds. The second-order valence-corrected chi connectivity index (χ2v) is 5.45. The Hall–Kier alpha value is -3.22. The van der Waals surface area contributed by atoms with Crippen LogP contribution < -0.4 is 10.1 Å². The lowest BCUT2D eigenvalue weighted by Crippen LogP contribution is -2.11. The van der Waals surface area contributed by atoms with E-state index < -0.39 is 4.92 Å². The second kappa shape index (κ2) is 6.49. The molecule has 3 rings (SSSR count). The molecular formula is C17H16N4O3.